The number of benzene rings is 6. The van der Waals surface area contributed by atoms with Crippen molar-refractivity contribution in [2.24, 2.45) is 5.11 Å². The van der Waals surface area contributed by atoms with Crippen LogP contribution in [0.4, 0.5) is 0 Å². The van der Waals surface area contributed by atoms with Gasteiger partial charge in [-0.1, -0.05) is 170 Å². The van der Waals surface area contributed by atoms with Gasteiger partial charge in [-0.2, -0.15) is 0 Å². The number of rotatable bonds is 30. The van der Waals surface area contributed by atoms with E-state index in [-0.39, 0.29) is 39.6 Å². The smallest absolute Gasteiger partial charge is 0.186 e. The highest BCUT2D eigenvalue weighted by atomic mass is 16.7. The maximum atomic E-state index is 10.3. The Kier molecular flexibility index (Phi) is 21.8. The first-order valence-electron chi connectivity index (χ1n) is 24.4. The molecule has 8 atom stereocenters. The molecule has 1 aliphatic heterocycles. The van der Waals surface area contributed by atoms with Gasteiger partial charge in [0.05, 0.1) is 85.3 Å². The summed E-state index contributed by atoms with van der Waals surface area (Å²) >= 11 is 0. The Hall–Kier alpha value is -6.09. The molecule has 7 rings (SSSR count). The van der Waals surface area contributed by atoms with Crippen LogP contribution in [0, 0.1) is 0 Å². The Morgan fingerprint density at radius 1 is 0.521 bits per heavy atom. The Labute approximate surface area is 418 Å². The lowest BCUT2D eigenvalue weighted by atomic mass is 9.97. The number of unbranched alkanes of at least 4 members (excludes halogenated alkanes) is 1. The predicted octanol–water partition coefficient (Wildman–Crippen LogP) is 11.8. The lowest BCUT2D eigenvalue weighted by Gasteiger charge is -2.46. The summed E-state index contributed by atoms with van der Waals surface area (Å²) in [6.45, 7) is 3.80. The summed E-state index contributed by atoms with van der Waals surface area (Å²) in [5.41, 5.74) is 16.1. The lowest BCUT2D eigenvalue weighted by molar-refractivity contribution is -0.329. The van der Waals surface area contributed by atoms with Crippen molar-refractivity contribution in [3.63, 3.8) is 0 Å². The van der Waals surface area contributed by atoms with Crippen LogP contribution in [-0.4, -0.2) is 76.4 Å². The van der Waals surface area contributed by atoms with E-state index in [1.54, 1.807) is 14.2 Å². The molecule has 2 unspecified atom stereocenters. The van der Waals surface area contributed by atoms with E-state index in [1.807, 2.05) is 170 Å². The number of hydrogen-bond donors (Lipinski definition) is 0. The van der Waals surface area contributed by atoms with Crippen molar-refractivity contribution in [1.29, 1.82) is 0 Å². The summed E-state index contributed by atoms with van der Waals surface area (Å²) in [7, 11) is 3.27. The van der Waals surface area contributed by atoms with Crippen LogP contribution in [0.3, 0.4) is 0 Å². The van der Waals surface area contributed by atoms with Gasteiger partial charge in [-0.15, -0.1) is 0 Å². The molecule has 1 aliphatic rings. The minimum absolute atomic E-state index is 0.111. The molecule has 0 amide bonds. The third-order valence-corrected chi connectivity index (χ3v) is 12.3. The Bertz CT molecular complexity index is 2410. The van der Waals surface area contributed by atoms with E-state index >= 15 is 0 Å². The van der Waals surface area contributed by atoms with E-state index in [2.05, 4.69) is 16.9 Å². The normalized spacial score (nSPS) is 19.0. The van der Waals surface area contributed by atoms with Crippen molar-refractivity contribution in [3.05, 3.63) is 214 Å². The molecule has 6 aromatic rings. The zero-order valence-electron chi connectivity index (χ0n) is 41.0. The summed E-state index contributed by atoms with van der Waals surface area (Å²) in [5.74, 6) is 1.48. The van der Waals surface area contributed by atoms with Crippen molar-refractivity contribution in [2.45, 2.75) is 115 Å². The fourth-order valence-corrected chi connectivity index (χ4v) is 8.39. The SMILES string of the molecule is CCCC[C@@H](OCc1ccc(OC)cc1)[C@@H](OCc1ccc(OC)cc1)[C@@H](CO[C@@H]1OC(COCc2ccccc2)[C@H](OCc2ccccc2)[C@H](OCc2ccccc2)C1OCc1ccccc1)N=[N+]=[N-]. The zero-order chi connectivity index (χ0) is 49.3. The quantitative estimate of drug-likeness (QED) is 0.0243. The number of methoxy groups -OCH3 is 2. The molecule has 1 fully saturated rings. The third kappa shape index (κ3) is 16.8. The molecular weight excluding hydrogens is 899 g/mol. The summed E-state index contributed by atoms with van der Waals surface area (Å²) < 4.78 is 65.5. The fraction of sp³-hybridized carbons (Fsp3) is 0.379. The maximum Gasteiger partial charge on any atom is 0.186 e. The van der Waals surface area contributed by atoms with Gasteiger partial charge in [0.15, 0.2) is 6.29 Å². The van der Waals surface area contributed by atoms with Gasteiger partial charge in [0.2, 0.25) is 0 Å². The minimum atomic E-state index is -1.05. The van der Waals surface area contributed by atoms with E-state index in [9.17, 15) is 5.53 Å². The van der Waals surface area contributed by atoms with Gasteiger partial charge in [0, 0.05) is 4.91 Å². The summed E-state index contributed by atoms with van der Waals surface area (Å²) in [6.07, 6.45) is -2.82. The largest absolute Gasteiger partial charge is 0.497 e. The van der Waals surface area contributed by atoms with Crippen LogP contribution in [0.25, 0.3) is 10.4 Å². The van der Waals surface area contributed by atoms with Crippen LogP contribution >= 0.6 is 0 Å². The Balaban J connectivity index is 1.22. The van der Waals surface area contributed by atoms with Gasteiger partial charge >= 0.3 is 0 Å². The van der Waals surface area contributed by atoms with Gasteiger partial charge in [-0.05, 0) is 69.6 Å². The van der Waals surface area contributed by atoms with Gasteiger partial charge in [0.25, 0.3) is 0 Å². The molecule has 0 bridgehead atoms. The predicted molar refractivity (Wildman–Crippen MR) is 271 cm³/mol. The maximum absolute atomic E-state index is 10.3. The average molecular weight is 966 g/mol. The molecule has 13 nitrogen and oxygen atoms in total. The first-order chi connectivity index (χ1) is 35.0. The van der Waals surface area contributed by atoms with Crippen molar-refractivity contribution in [3.8, 4) is 11.5 Å². The second-order valence-electron chi connectivity index (χ2n) is 17.4. The highest BCUT2D eigenvalue weighted by Crippen LogP contribution is 2.33. The second kappa shape index (κ2) is 29.3. The molecule has 374 valence electrons. The molecule has 0 radical (unpaired) electrons. The van der Waals surface area contributed by atoms with Crippen LogP contribution in [-0.2, 0) is 77.5 Å². The summed E-state index contributed by atoms with van der Waals surface area (Å²) in [4.78, 5) is 3.36. The standard InChI is InChI=1S/C58H67N3O10/c1-4-5-26-52(65-36-47-27-31-49(62-2)32-28-47)54(66-40-48-29-33-50(63-3)34-30-48)51(60-61-59)41-70-58-57(69-39-46-24-16-9-17-25-46)56(68-38-45-22-14-8-15-23-45)55(67-37-44-20-12-7-13-21-44)53(71-58)42-64-35-43-18-10-6-11-19-43/h6-25,27-34,51-58H,4-5,26,35-42H2,1-3H3/t51-,52-,53?,54+,55+,56+,57?,58-/m1/s1. The second-order valence-corrected chi connectivity index (χ2v) is 17.4. The van der Waals surface area contributed by atoms with Gasteiger partial charge < -0.3 is 47.4 Å². The van der Waals surface area contributed by atoms with Crippen molar-refractivity contribution in [1.82, 2.24) is 0 Å². The summed E-state index contributed by atoms with van der Waals surface area (Å²) in [5, 5.41) is 4.39. The van der Waals surface area contributed by atoms with Crippen LogP contribution in [0.1, 0.15) is 59.6 Å². The lowest BCUT2D eigenvalue weighted by Crippen LogP contribution is -2.62. The number of hydrogen-bond acceptors (Lipinski definition) is 11. The Morgan fingerprint density at radius 3 is 1.45 bits per heavy atom. The van der Waals surface area contributed by atoms with Gasteiger partial charge in [0.1, 0.15) is 35.9 Å². The highest BCUT2D eigenvalue weighted by Gasteiger charge is 2.49. The third-order valence-electron chi connectivity index (χ3n) is 12.3. The molecule has 1 saturated heterocycles. The number of ether oxygens (including phenoxy) is 10. The minimum Gasteiger partial charge on any atom is -0.497 e. The molecule has 1 heterocycles. The van der Waals surface area contributed by atoms with E-state index < -0.39 is 49.0 Å². The zero-order valence-corrected chi connectivity index (χ0v) is 41.0. The monoisotopic (exact) mass is 965 g/mol. The first kappa shape index (κ1) is 52.7. The van der Waals surface area contributed by atoms with Crippen LogP contribution in [0.15, 0.2) is 175 Å². The molecule has 0 aliphatic carbocycles. The van der Waals surface area contributed by atoms with Crippen molar-refractivity contribution < 1.29 is 47.4 Å². The van der Waals surface area contributed by atoms with Gasteiger partial charge in [-0.25, -0.2) is 0 Å². The van der Waals surface area contributed by atoms with E-state index in [0.29, 0.717) is 19.6 Å². The van der Waals surface area contributed by atoms with E-state index in [1.165, 1.54) is 0 Å². The number of azide groups is 1. The van der Waals surface area contributed by atoms with Crippen LogP contribution in [0.2, 0.25) is 0 Å². The van der Waals surface area contributed by atoms with Crippen molar-refractivity contribution >= 4 is 0 Å². The molecule has 0 saturated carbocycles. The average Bonchev–Trinajstić information content (AvgIpc) is 3.42. The molecule has 0 aromatic heterocycles. The molecule has 0 spiro atoms. The first-order valence-corrected chi connectivity index (χ1v) is 24.4. The summed E-state index contributed by atoms with van der Waals surface area (Å²) in [6, 6.07) is 54.5. The Morgan fingerprint density at radius 2 is 0.972 bits per heavy atom. The molecule has 13 heteroatoms. The molecular formula is C58H67N3O10. The fourth-order valence-electron chi connectivity index (χ4n) is 8.39. The number of nitrogens with zero attached hydrogens (tertiary/aromatic N) is 3. The van der Waals surface area contributed by atoms with Gasteiger partial charge in [-0.3, -0.25) is 0 Å². The molecule has 71 heavy (non-hydrogen) atoms. The van der Waals surface area contributed by atoms with E-state index in [0.717, 1.165) is 57.7 Å². The topological polar surface area (TPSA) is 141 Å². The van der Waals surface area contributed by atoms with Crippen LogP contribution in [0.5, 0.6) is 11.5 Å². The molecule has 6 aromatic carbocycles. The van der Waals surface area contributed by atoms with Crippen molar-refractivity contribution in [2.75, 3.05) is 27.4 Å². The molecule has 0 N–H and O–H groups in total. The van der Waals surface area contributed by atoms with Crippen LogP contribution < -0.4 is 9.47 Å². The highest BCUT2D eigenvalue weighted by molar-refractivity contribution is 5.28. The van der Waals surface area contributed by atoms with E-state index in [4.69, 9.17) is 47.4 Å².